The number of carbonyl (C=O) groups excluding carboxylic acids is 1. The average molecular weight is 249 g/mol. The third kappa shape index (κ3) is 1.83. The summed E-state index contributed by atoms with van der Waals surface area (Å²) in [4.78, 5) is 11.5. The van der Waals surface area contributed by atoms with Crippen LogP contribution >= 0.6 is 0 Å². The Kier molecular flexibility index (Phi) is 2.82. The van der Waals surface area contributed by atoms with E-state index in [1.54, 1.807) is 19.1 Å². The quantitative estimate of drug-likeness (QED) is 0.691. The lowest BCUT2D eigenvalue weighted by Gasteiger charge is -2.27. The molecule has 0 saturated carbocycles. The molecule has 1 heterocycles. The molecule has 0 bridgehead atoms. The van der Waals surface area contributed by atoms with E-state index >= 15 is 0 Å². The van der Waals surface area contributed by atoms with E-state index in [-0.39, 0.29) is 0 Å². The third-order valence-electron chi connectivity index (χ3n) is 3.11. The average Bonchev–Trinajstić information content (AvgIpc) is 2.82. The predicted octanol–water partition coefficient (Wildman–Crippen LogP) is 0.871. The Morgan fingerprint density at radius 2 is 2.11 bits per heavy atom. The van der Waals surface area contributed by atoms with Gasteiger partial charge in [0.15, 0.2) is 11.0 Å². The number of amides is 1. The third-order valence-corrected chi connectivity index (χ3v) is 3.11. The molecule has 5 N–H and O–H groups in total. The molecule has 18 heavy (non-hydrogen) atoms. The largest absolute Gasteiger partial charge is 0.397 e. The number of benzene rings is 1. The van der Waals surface area contributed by atoms with Crippen LogP contribution in [-0.2, 0) is 4.79 Å². The molecular weight excluding hydrogens is 234 g/mol. The van der Waals surface area contributed by atoms with Gasteiger partial charge in [-0.15, -0.1) is 0 Å². The second-order valence-corrected chi connectivity index (χ2v) is 4.34. The highest BCUT2D eigenvalue weighted by molar-refractivity contribution is 5.97. The summed E-state index contributed by atoms with van der Waals surface area (Å²) >= 11 is 0. The fraction of sp³-hybridized carbons (Fsp3) is 0.364. The van der Waals surface area contributed by atoms with Crippen molar-refractivity contribution in [1.82, 2.24) is 10.3 Å². The minimum Gasteiger partial charge on any atom is -0.397 e. The maximum atomic E-state index is 11.5. The number of carbonyl (C=O) groups is 1. The molecule has 2 rings (SSSR count). The zero-order valence-electron chi connectivity index (χ0n) is 10.2. The molecular formula is C11H15N5O2. The normalized spacial score (nSPS) is 14.3. The summed E-state index contributed by atoms with van der Waals surface area (Å²) in [6.45, 7) is 3.60. The van der Waals surface area contributed by atoms with Crippen LogP contribution in [0.25, 0.3) is 11.0 Å². The molecule has 0 spiro atoms. The molecule has 0 aliphatic carbocycles. The number of nitrogens with zero attached hydrogens (tertiary/aromatic N) is 2. The molecule has 0 aliphatic rings. The van der Waals surface area contributed by atoms with E-state index in [1.165, 1.54) is 0 Å². The fourth-order valence-electron chi connectivity index (χ4n) is 1.61. The number of hydrogen-bond acceptors (Lipinski definition) is 6. The van der Waals surface area contributed by atoms with E-state index in [0.717, 1.165) is 0 Å². The van der Waals surface area contributed by atoms with Gasteiger partial charge in [-0.3, -0.25) is 4.79 Å². The van der Waals surface area contributed by atoms with E-state index in [9.17, 15) is 4.79 Å². The number of primary amides is 1. The van der Waals surface area contributed by atoms with Gasteiger partial charge in [-0.05, 0) is 35.8 Å². The molecule has 0 radical (unpaired) electrons. The summed E-state index contributed by atoms with van der Waals surface area (Å²) in [5.74, 6) is -0.438. The van der Waals surface area contributed by atoms with Gasteiger partial charge >= 0.3 is 0 Å². The molecule has 1 aromatic carbocycles. The van der Waals surface area contributed by atoms with Gasteiger partial charge in [0.05, 0.1) is 11.4 Å². The monoisotopic (exact) mass is 249 g/mol. The molecule has 1 aromatic heterocycles. The first kappa shape index (κ1) is 12.2. The maximum absolute atomic E-state index is 11.5. The first-order chi connectivity index (χ1) is 8.48. The first-order valence-electron chi connectivity index (χ1n) is 5.57. The molecule has 0 fully saturated rings. The van der Waals surface area contributed by atoms with Gasteiger partial charge in [0.25, 0.3) is 0 Å². The molecule has 1 atom stereocenters. The Morgan fingerprint density at radius 3 is 2.72 bits per heavy atom. The van der Waals surface area contributed by atoms with Crippen molar-refractivity contribution in [2.45, 2.75) is 25.8 Å². The van der Waals surface area contributed by atoms with Crippen LogP contribution in [0.15, 0.2) is 16.8 Å². The van der Waals surface area contributed by atoms with Crippen LogP contribution < -0.4 is 16.8 Å². The highest BCUT2D eigenvalue weighted by Gasteiger charge is 2.29. The van der Waals surface area contributed by atoms with E-state index in [1.807, 2.05) is 6.92 Å². The SMILES string of the molecule is CCC(C)(Nc1ccc(N)c2nonc12)C(N)=O. The Morgan fingerprint density at radius 1 is 1.44 bits per heavy atom. The van der Waals surface area contributed by atoms with Gasteiger partial charge in [0, 0.05) is 0 Å². The van der Waals surface area contributed by atoms with Crippen LogP contribution in [0.4, 0.5) is 11.4 Å². The molecule has 7 heteroatoms. The summed E-state index contributed by atoms with van der Waals surface area (Å²) in [5.41, 5.74) is 12.3. The van der Waals surface area contributed by atoms with Crippen molar-refractivity contribution in [3.63, 3.8) is 0 Å². The zero-order valence-corrected chi connectivity index (χ0v) is 10.2. The van der Waals surface area contributed by atoms with Crippen molar-refractivity contribution in [2.24, 2.45) is 5.73 Å². The Bertz CT molecular complexity index is 594. The van der Waals surface area contributed by atoms with Crippen molar-refractivity contribution >= 4 is 28.3 Å². The Labute approximate surface area is 103 Å². The highest BCUT2D eigenvalue weighted by atomic mass is 16.6. The molecule has 7 nitrogen and oxygen atoms in total. The summed E-state index contributed by atoms with van der Waals surface area (Å²) in [5, 5.41) is 10.6. The highest BCUT2D eigenvalue weighted by Crippen LogP contribution is 2.28. The van der Waals surface area contributed by atoms with Crippen molar-refractivity contribution in [3.05, 3.63) is 12.1 Å². The maximum Gasteiger partial charge on any atom is 0.242 e. The van der Waals surface area contributed by atoms with E-state index in [0.29, 0.717) is 28.8 Å². The summed E-state index contributed by atoms with van der Waals surface area (Å²) in [6, 6.07) is 3.39. The first-order valence-corrected chi connectivity index (χ1v) is 5.57. The number of anilines is 2. The van der Waals surface area contributed by atoms with Crippen LogP contribution in [0.3, 0.4) is 0 Å². The Balaban J connectivity index is 2.46. The van der Waals surface area contributed by atoms with Gasteiger partial charge in [-0.2, -0.15) is 0 Å². The number of fused-ring (bicyclic) bond motifs is 1. The number of rotatable bonds is 4. The van der Waals surface area contributed by atoms with E-state index in [2.05, 4.69) is 20.3 Å². The van der Waals surface area contributed by atoms with Crippen LogP contribution in [0.5, 0.6) is 0 Å². The minimum absolute atomic E-state index is 0.438. The lowest BCUT2D eigenvalue weighted by molar-refractivity contribution is -0.121. The molecule has 0 saturated heterocycles. The topological polar surface area (TPSA) is 120 Å². The van der Waals surface area contributed by atoms with Crippen LogP contribution in [0.1, 0.15) is 20.3 Å². The van der Waals surface area contributed by atoms with Crippen LogP contribution in [0, 0.1) is 0 Å². The molecule has 96 valence electrons. The second kappa shape index (κ2) is 4.17. The molecule has 1 amide bonds. The number of nitrogen functional groups attached to an aromatic ring is 1. The van der Waals surface area contributed by atoms with Gasteiger partial charge in [-0.25, -0.2) is 4.63 Å². The minimum atomic E-state index is -0.859. The van der Waals surface area contributed by atoms with Crippen molar-refractivity contribution in [1.29, 1.82) is 0 Å². The Hall–Kier alpha value is -2.31. The number of hydrogen-bond donors (Lipinski definition) is 3. The van der Waals surface area contributed by atoms with Gasteiger partial charge in [-0.1, -0.05) is 6.92 Å². The second-order valence-electron chi connectivity index (χ2n) is 4.34. The number of nitrogens with one attached hydrogen (secondary N) is 1. The van der Waals surface area contributed by atoms with Crippen molar-refractivity contribution in [3.8, 4) is 0 Å². The van der Waals surface area contributed by atoms with E-state index < -0.39 is 11.4 Å². The lowest BCUT2D eigenvalue weighted by Crippen LogP contribution is -2.47. The lowest BCUT2D eigenvalue weighted by atomic mass is 9.97. The van der Waals surface area contributed by atoms with Gasteiger partial charge in [0.2, 0.25) is 5.91 Å². The number of aromatic nitrogens is 2. The van der Waals surface area contributed by atoms with Crippen LogP contribution in [-0.4, -0.2) is 21.8 Å². The predicted molar refractivity (Wildman–Crippen MR) is 67.7 cm³/mol. The summed E-state index contributed by atoms with van der Waals surface area (Å²) < 4.78 is 4.66. The fourth-order valence-corrected chi connectivity index (χ4v) is 1.61. The molecule has 1 unspecified atom stereocenters. The van der Waals surface area contributed by atoms with Gasteiger partial charge in [0.1, 0.15) is 5.54 Å². The molecule has 2 aromatic rings. The van der Waals surface area contributed by atoms with E-state index in [4.69, 9.17) is 11.5 Å². The van der Waals surface area contributed by atoms with Crippen LogP contribution in [0.2, 0.25) is 0 Å². The smallest absolute Gasteiger partial charge is 0.242 e. The zero-order chi connectivity index (χ0) is 13.3. The number of nitrogens with two attached hydrogens (primary N) is 2. The summed E-state index contributed by atoms with van der Waals surface area (Å²) in [6.07, 6.45) is 0.541. The van der Waals surface area contributed by atoms with Crippen molar-refractivity contribution < 1.29 is 9.42 Å². The molecule has 0 aliphatic heterocycles. The van der Waals surface area contributed by atoms with Crippen molar-refractivity contribution in [2.75, 3.05) is 11.1 Å². The van der Waals surface area contributed by atoms with Gasteiger partial charge < -0.3 is 16.8 Å². The summed E-state index contributed by atoms with van der Waals surface area (Å²) in [7, 11) is 0. The standard InChI is InChI=1S/C11H15N5O2/c1-3-11(2,10(13)17)14-7-5-4-6(12)8-9(7)16-18-15-8/h4-5,14H,3,12H2,1-2H3,(H2,13,17).